The number of ether oxygens (including phenoxy) is 2. The average Bonchev–Trinajstić information content (AvgIpc) is 2.67. The van der Waals surface area contributed by atoms with Crippen LogP contribution in [0.3, 0.4) is 0 Å². The first-order chi connectivity index (χ1) is 12.0. The fourth-order valence-corrected chi connectivity index (χ4v) is 2.78. The van der Waals surface area contributed by atoms with E-state index >= 15 is 0 Å². The molecule has 0 amide bonds. The molecule has 0 heterocycles. The molecule has 132 valence electrons. The van der Waals surface area contributed by atoms with Crippen LogP contribution in [0.4, 0.5) is 0 Å². The Morgan fingerprint density at radius 2 is 1.28 bits per heavy atom. The molecule has 25 heavy (non-hydrogen) atoms. The van der Waals surface area contributed by atoms with E-state index in [4.69, 9.17) is 9.47 Å². The zero-order valence-electron chi connectivity index (χ0n) is 14.9. The SMILES string of the molecule is CCC(CC)(OC(=O)c1ccccc1)C(C)OC(=O)c1ccccc1. The van der Waals surface area contributed by atoms with Crippen molar-refractivity contribution < 1.29 is 19.1 Å². The van der Waals surface area contributed by atoms with Crippen LogP contribution in [0.1, 0.15) is 54.3 Å². The monoisotopic (exact) mass is 340 g/mol. The summed E-state index contributed by atoms with van der Waals surface area (Å²) < 4.78 is 11.4. The van der Waals surface area contributed by atoms with Gasteiger partial charge in [-0.05, 0) is 44.0 Å². The Morgan fingerprint density at radius 3 is 1.72 bits per heavy atom. The van der Waals surface area contributed by atoms with Gasteiger partial charge in [-0.25, -0.2) is 9.59 Å². The lowest BCUT2D eigenvalue weighted by atomic mass is 9.91. The number of hydrogen-bond donors (Lipinski definition) is 0. The average molecular weight is 340 g/mol. The fraction of sp³-hybridized carbons (Fsp3) is 0.333. The Balaban J connectivity index is 2.14. The molecule has 2 rings (SSSR count). The summed E-state index contributed by atoms with van der Waals surface area (Å²) in [5.74, 6) is -0.831. The van der Waals surface area contributed by atoms with Crippen molar-refractivity contribution in [2.45, 2.75) is 45.3 Å². The van der Waals surface area contributed by atoms with E-state index in [0.717, 1.165) is 0 Å². The van der Waals surface area contributed by atoms with Gasteiger partial charge in [0.25, 0.3) is 0 Å². The minimum absolute atomic E-state index is 0.410. The van der Waals surface area contributed by atoms with Gasteiger partial charge in [-0.15, -0.1) is 0 Å². The van der Waals surface area contributed by atoms with Crippen LogP contribution in [-0.4, -0.2) is 23.6 Å². The molecule has 0 aliphatic heterocycles. The van der Waals surface area contributed by atoms with Crippen molar-refractivity contribution in [1.82, 2.24) is 0 Å². The van der Waals surface area contributed by atoms with Gasteiger partial charge >= 0.3 is 11.9 Å². The van der Waals surface area contributed by atoms with E-state index in [1.807, 2.05) is 26.0 Å². The van der Waals surface area contributed by atoms with Crippen molar-refractivity contribution in [3.05, 3.63) is 71.8 Å². The van der Waals surface area contributed by atoms with Crippen LogP contribution < -0.4 is 0 Å². The van der Waals surface area contributed by atoms with E-state index in [-0.39, 0.29) is 0 Å². The van der Waals surface area contributed by atoms with Crippen LogP contribution in [0.25, 0.3) is 0 Å². The van der Waals surface area contributed by atoms with Crippen molar-refractivity contribution in [3.63, 3.8) is 0 Å². The first-order valence-corrected chi connectivity index (χ1v) is 8.57. The summed E-state index contributed by atoms with van der Waals surface area (Å²) in [4.78, 5) is 24.8. The maximum absolute atomic E-state index is 12.5. The summed E-state index contributed by atoms with van der Waals surface area (Å²) in [5, 5.41) is 0. The summed E-state index contributed by atoms with van der Waals surface area (Å²) >= 11 is 0. The highest BCUT2D eigenvalue weighted by molar-refractivity contribution is 5.90. The Labute approximate surface area is 148 Å². The van der Waals surface area contributed by atoms with Gasteiger partial charge in [-0.3, -0.25) is 0 Å². The molecule has 0 N–H and O–H groups in total. The molecule has 0 spiro atoms. The Bertz CT molecular complexity index is 690. The lowest BCUT2D eigenvalue weighted by Crippen LogP contribution is -2.46. The van der Waals surface area contributed by atoms with Crippen LogP contribution in [0.15, 0.2) is 60.7 Å². The minimum Gasteiger partial charge on any atom is -0.455 e. The molecule has 0 fully saturated rings. The summed E-state index contributed by atoms with van der Waals surface area (Å²) in [6.07, 6.45) is 0.527. The molecular formula is C21H24O4. The molecule has 0 aliphatic rings. The molecule has 2 aromatic carbocycles. The van der Waals surface area contributed by atoms with E-state index in [1.54, 1.807) is 55.5 Å². The van der Waals surface area contributed by atoms with Gasteiger partial charge in [0.1, 0.15) is 11.7 Å². The maximum Gasteiger partial charge on any atom is 0.338 e. The smallest absolute Gasteiger partial charge is 0.338 e. The molecule has 2 aromatic rings. The van der Waals surface area contributed by atoms with Gasteiger partial charge in [0.15, 0.2) is 0 Å². The van der Waals surface area contributed by atoms with Gasteiger partial charge in [0, 0.05) is 0 Å². The van der Waals surface area contributed by atoms with Crippen molar-refractivity contribution in [1.29, 1.82) is 0 Å². The first-order valence-electron chi connectivity index (χ1n) is 8.57. The zero-order valence-corrected chi connectivity index (χ0v) is 14.9. The number of hydrogen-bond acceptors (Lipinski definition) is 4. The van der Waals surface area contributed by atoms with Gasteiger partial charge in [0.2, 0.25) is 0 Å². The second-order valence-corrected chi connectivity index (χ2v) is 5.94. The third-order valence-electron chi connectivity index (χ3n) is 4.54. The highest BCUT2D eigenvalue weighted by Crippen LogP contribution is 2.29. The third kappa shape index (κ3) is 4.47. The fourth-order valence-electron chi connectivity index (χ4n) is 2.78. The largest absolute Gasteiger partial charge is 0.455 e. The van der Waals surface area contributed by atoms with E-state index in [0.29, 0.717) is 24.0 Å². The molecule has 0 radical (unpaired) electrons. The second-order valence-electron chi connectivity index (χ2n) is 5.94. The number of carbonyl (C=O) groups excluding carboxylic acids is 2. The second kappa shape index (κ2) is 8.47. The van der Waals surface area contributed by atoms with Crippen LogP contribution in [0.5, 0.6) is 0 Å². The minimum atomic E-state index is -0.864. The molecule has 0 bridgehead atoms. The van der Waals surface area contributed by atoms with Gasteiger partial charge < -0.3 is 9.47 Å². The quantitative estimate of drug-likeness (QED) is 0.689. The lowest BCUT2D eigenvalue weighted by Gasteiger charge is -2.36. The molecule has 4 heteroatoms. The van der Waals surface area contributed by atoms with Gasteiger partial charge in [-0.2, -0.15) is 0 Å². The number of benzene rings is 2. The highest BCUT2D eigenvalue weighted by atomic mass is 16.6. The third-order valence-corrected chi connectivity index (χ3v) is 4.54. The molecule has 1 atom stereocenters. The molecule has 0 saturated heterocycles. The van der Waals surface area contributed by atoms with Crippen molar-refractivity contribution in [2.75, 3.05) is 0 Å². The molecular weight excluding hydrogens is 316 g/mol. The maximum atomic E-state index is 12.5. The Morgan fingerprint density at radius 1 is 0.840 bits per heavy atom. The van der Waals surface area contributed by atoms with Crippen LogP contribution >= 0.6 is 0 Å². The Hall–Kier alpha value is -2.62. The molecule has 1 unspecified atom stereocenters. The molecule has 0 aliphatic carbocycles. The molecule has 4 nitrogen and oxygen atoms in total. The topological polar surface area (TPSA) is 52.6 Å². The van der Waals surface area contributed by atoms with Crippen LogP contribution in [-0.2, 0) is 9.47 Å². The number of carbonyl (C=O) groups is 2. The van der Waals surface area contributed by atoms with E-state index in [9.17, 15) is 9.59 Å². The van der Waals surface area contributed by atoms with Crippen LogP contribution in [0, 0.1) is 0 Å². The Kier molecular flexibility index (Phi) is 6.34. The van der Waals surface area contributed by atoms with Gasteiger partial charge in [0.05, 0.1) is 11.1 Å². The summed E-state index contributed by atoms with van der Waals surface area (Å²) in [6, 6.07) is 17.6. The van der Waals surface area contributed by atoms with E-state index in [1.165, 1.54) is 0 Å². The van der Waals surface area contributed by atoms with Crippen molar-refractivity contribution in [2.24, 2.45) is 0 Å². The number of rotatable bonds is 7. The van der Waals surface area contributed by atoms with E-state index in [2.05, 4.69) is 0 Å². The summed E-state index contributed by atoms with van der Waals surface area (Å²) in [5.41, 5.74) is 0.0948. The summed E-state index contributed by atoms with van der Waals surface area (Å²) in [6.45, 7) is 5.62. The predicted molar refractivity (Wildman–Crippen MR) is 96.5 cm³/mol. The zero-order chi connectivity index (χ0) is 18.3. The predicted octanol–water partition coefficient (Wildman–Crippen LogP) is 4.65. The molecule has 0 aromatic heterocycles. The van der Waals surface area contributed by atoms with Crippen molar-refractivity contribution >= 4 is 11.9 Å². The lowest BCUT2D eigenvalue weighted by molar-refractivity contribution is -0.0950. The van der Waals surface area contributed by atoms with E-state index < -0.39 is 23.6 Å². The van der Waals surface area contributed by atoms with Crippen LogP contribution in [0.2, 0.25) is 0 Å². The van der Waals surface area contributed by atoms with Gasteiger partial charge in [-0.1, -0.05) is 50.2 Å². The number of esters is 2. The standard InChI is InChI=1S/C21H24O4/c1-4-21(5-2,25-20(23)18-14-10-7-11-15-18)16(3)24-19(22)17-12-8-6-9-13-17/h6-16H,4-5H2,1-3H3. The normalized spacial score (nSPS) is 12.3. The molecule has 0 saturated carbocycles. The summed E-state index contributed by atoms with van der Waals surface area (Å²) in [7, 11) is 0. The first kappa shape index (κ1) is 18.7. The highest BCUT2D eigenvalue weighted by Gasteiger charge is 2.40. The van der Waals surface area contributed by atoms with Crippen molar-refractivity contribution in [3.8, 4) is 0 Å².